The van der Waals surface area contributed by atoms with Gasteiger partial charge in [-0.25, -0.2) is 0 Å². The average Bonchev–Trinajstić information content (AvgIpc) is 2.93. The maximum atomic E-state index is 5.87. The minimum Gasteiger partial charge on any atom is -0.489 e. The molecule has 0 radical (unpaired) electrons. The Morgan fingerprint density at radius 2 is 1.37 bits per heavy atom. The first-order valence-corrected chi connectivity index (χ1v) is 12.5. The molecule has 5 nitrogen and oxygen atoms in total. The third-order valence-electron chi connectivity index (χ3n) is 5.85. The smallest absolute Gasteiger partial charge is 0.233 e. The lowest BCUT2D eigenvalue weighted by Gasteiger charge is -2.08. The fraction of sp³-hybridized carbons (Fsp3) is 0.300. The molecule has 0 bridgehead atoms. The molecular formula is C30H33N3O2. The van der Waals surface area contributed by atoms with Crippen LogP contribution in [0.25, 0.3) is 22.5 Å². The van der Waals surface area contributed by atoms with Crippen molar-refractivity contribution < 1.29 is 9.47 Å². The molecule has 2 aromatic heterocycles. The Morgan fingerprint density at radius 1 is 0.629 bits per heavy atom. The zero-order valence-corrected chi connectivity index (χ0v) is 20.4. The molecule has 5 heteroatoms. The molecule has 0 N–H and O–H groups in total. The van der Waals surface area contributed by atoms with E-state index in [4.69, 9.17) is 9.47 Å². The van der Waals surface area contributed by atoms with Crippen molar-refractivity contribution in [1.29, 1.82) is 0 Å². The topological polar surface area (TPSA) is 57.1 Å². The quantitative estimate of drug-likeness (QED) is 0.190. The SMILES string of the molecule is CCCCCCCCOc1ccc(-c2ccc(-c3ccc(OCc4ccccc4)cc3)nc2)nn1. The molecule has 2 aromatic carbocycles. The molecule has 0 saturated heterocycles. The van der Waals surface area contributed by atoms with Gasteiger partial charge in [0.15, 0.2) is 0 Å². The molecule has 2 heterocycles. The van der Waals surface area contributed by atoms with Gasteiger partial charge in [-0.3, -0.25) is 4.98 Å². The maximum absolute atomic E-state index is 5.87. The van der Waals surface area contributed by atoms with Crippen molar-refractivity contribution in [2.75, 3.05) is 6.61 Å². The highest BCUT2D eigenvalue weighted by molar-refractivity contribution is 5.64. The molecule has 4 aromatic rings. The number of nitrogens with zero attached hydrogens (tertiary/aromatic N) is 3. The van der Waals surface area contributed by atoms with Gasteiger partial charge >= 0.3 is 0 Å². The Morgan fingerprint density at radius 3 is 2.09 bits per heavy atom. The largest absolute Gasteiger partial charge is 0.489 e. The zero-order valence-electron chi connectivity index (χ0n) is 20.4. The summed E-state index contributed by atoms with van der Waals surface area (Å²) < 4.78 is 11.6. The Labute approximate surface area is 208 Å². The van der Waals surface area contributed by atoms with Gasteiger partial charge in [-0.15, -0.1) is 10.2 Å². The van der Waals surface area contributed by atoms with E-state index in [0.29, 0.717) is 19.1 Å². The van der Waals surface area contributed by atoms with Crippen LogP contribution in [-0.2, 0) is 6.61 Å². The van der Waals surface area contributed by atoms with Crippen LogP contribution in [-0.4, -0.2) is 21.8 Å². The average molecular weight is 468 g/mol. The molecule has 0 aliphatic rings. The van der Waals surface area contributed by atoms with Gasteiger partial charge in [-0.2, -0.15) is 0 Å². The Hall–Kier alpha value is -3.73. The molecule has 0 amide bonds. The van der Waals surface area contributed by atoms with E-state index in [-0.39, 0.29) is 0 Å². The van der Waals surface area contributed by atoms with Crippen LogP contribution >= 0.6 is 0 Å². The lowest BCUT2D eigenvalue weighted by atomic mass is 10.1. The number of unbranched alkanes of at least 4 members (excludes halogenated alkanes) is 5. The van der Waals surface area contributed by atoms with Crippen molar-refractivity contribution >= 4 is 0 Å². The number of hydrogen-bond donors (Lipinski definition) is 0. The van der Waals surface area contributed by atoms with Crippen molar-refractivity contribution in [1.82, 2.24) is 15.2 Å². The van der Waals surface area contributed by atoms with E-state index in [0.717, 1.165) is 40.2 Å². The van der Waals surface area contributed by atoms with Gasteiger partial charge in [0, 0.05) is 23.4 Å². The summed E-state index contributed by atoms with van der Waals surface area (Å²) in [5.41, 5.74) is 4.78. The molecule has 180 valence electrons. The number of rotatable bonds is 13. The Kier molecular flexibility index (Phi) is 9.22. The van der Waals surface area contributed by atoms with E-state index in [9.17, 15) is 0 Å². The van der Waals surface area contributed by atoms with Crippen molar-refractivity contribution in [3.05, 3.63) is 90.6 Å². The highest BCUT2D eigenvalue weighted by Crippen LogP contribution is 2.24. The van der Waals surface area contributed by atoms with E-state index in [2.05, 4.69) is 34.2 Å². The number of hydrogen-bond acceptors (Lipinski definition) is 5. The molecule has 0 saturated carbocycles. The van der Waals surface area contributed by atoms with Crippen LogP contribution in [0.5, 0.6) is 11.6 Å². The number of aromatic nitrogens is 3. The number of pyridine rings is 1. The fourth-order valence-corrected chi connectivity index (χ4v) is 3.79. The van der Waals surface area contributed by atoms with E-state index in [1.54, 1.807) is 0 Å². The second kappa shape index (κ2) is 13.2. The summed E-state index contributed by atoms with van der Waals surface area (Å²) in [5, 5.41) is 8.53. The summed E-state index contributed by atoms with van der Waals surface area (Å²) >= 11 is 0. The molecule has 4 rings (SSSR count). The molecule has 0 spiro atoms. The highest BCUT2D eigenvalue weighted by Gasteiger charge is 2.05. The highest BCUT2D eigenvalue weighted by atomic mass is 16.5. The lowest BCUT2D eigenvalue weighted by Crippen LogP contribution is -2.00. The van der Waals surface area contributed by atoms with Gasteiger partial charge in [-0.05, 0) is 54.4 Å². The van der Waals surface area contributed by atoms with Crippen LogP contribution in [0.4, 0.5) is 0 Å². The van der Waals surface area contributed by atoms with Gasteiger partial charge in [0.1, 0.15) is 12.4 Å². The van der Waals surface area contributed by atoms with Crippen LogP contribution in [0.2, 0.25) is 0 Å². The molecule has 0 aliphatic carbocycles. The zero-order chi connectivity index (χ0) is 24.1. The van der Waals surface area contributed by atoms with E-state index >= 15 is 0 Å². The van der Waals surface area contributed by atoms with Crippen LogP contribution in [0.3, 0.4) is 0 Å². The first kappa shape index (κ1) is 24.4. The standard InChI is InChI=1S/C30H33N3O2/c1-2-3-4-5-6-10-21-34-30-20-19-29(32-33-30)26-15-18-28(31-22-26)25-13-16-27(17-14-25)35-23-24-11-8-7-9-12-24/h7-9,11-20,22H,2-6,10,21,23H2,1H3. The normalized spacial score (nSPS) is 10.8. The minimum atomic E-state index is 0.553. The minimum absolute atomic E-state index is 0.553. The maximum Gasteiger partial charge on any atom is 0.233 e. The van der Waals surface area contributed by atoms with Gasteiger partial charge in [0.25, 0.3) is 0 Å². The first-order valence-electron chi connectivity index (χ1n) is 12.5. The predicted molar refractivity (Wildman–Crippen MR) is 140 cm³/mol. The molecule has 35 heavy (non-hydrogen) atoms. The summed E-state index contributed by atoms with van der Waals surface area (Å²) in [6.07, 6.45) is 9.26. The monoisotopic (exact) mass is 467 g/mol. The summed E-state index contributed by atoms with van der Waals surface area (Å²) in [6, 6.07) is 26.0. The number of benzene rings is 2. The van der Waals surface area contributed by atoms with Gasteiger partial charge in [0.05, 0.1) is 18.0 Å². The van der Waals surface area contributed by atoms with Gasteiger partial charge in [-0.1, -0.05) is 69.4 Å². The van der Waals surface area contributed by atoms with E-state index < -0.39 is 0 Å². The van der Waals surface area contributed by atoms with E-state index in [1.165, 1.54) is 32.1 Å². The second-order valence-electron chi connectivity index (χ2n) is 8.60. The van der Waals surface area contributed by atoms with Crippen molar-refractivity contribution in [2.24, 2.45) is 0 Å². The van der Waals surface area contributed by atoms with Crippen LogP contribution in [0.1, 0.15) is 51.0 Å². The van der Waals surface area contributed by atoms with Crippen molar-refractivity contribution in [3.63, 3.8) is 0 Å². The molecule has 0 atom stereocenters. The van der Waals surface area contributed by atoms with Crippen LogP contribution < -0.4 is 9.47 Å². The summed E-state index contributed by atoms with van der Waals surface area (Å²) in [4.78, 5) is 4.62. The summed E-state index contributed by atoms with van der Waals surface area (Å²) in [7, 11) is 0. The van der Waals surface area contributed by atoms with Gasteiger partial charge < -0.3 is 9.47 Å². The second-order valence-corrected chi connectivity index (χ2v) is 8.60. The number of ether oxygens (including phenoxy) is 2. The molecule has 0 aliphatic heterocycles. The van der Waals surface area contributed by atoms with Gasteiger partial charge in [0.2, 0.25) is 5.88 Å². The molecule has 0 unspecified atom stereocenters. The fourth-order valence-electron chi connectivity index (χ4n) is 3.79. The Balaban J connectivity index is 1.26. The van der Waals surface area contributed by atoms with E-state index in [1.807, 2.05) is 72.9 Å². The lowest BCUT2D eigenvalue weighted by molar-refractivity contribution is 0.290. The molecular weight excluding hydrogens is 434 g/mol. The predicted octanol–water partition coefficient (Wildman–Crippen LogP) is 7.52. The summed E-state index contributed by atoms with van der Waals surface area (Å²) in [5.74, 6) is 1.41. The first-order chi connectivity index (χ1) is 17.3. The molecule has 0 fully saturated rings. The third-order valence-corrected chi connectivity index (χ3v) is 5.85. The Bertz CT molecular complexity index is 1130. The summed E-state index contributed by atoms with van der Waals surface area (Å²) in [6.45, 7) is 3.47. The van der Waals surface area contributed by atoms with Crippen molar-refractivity contribution in [2.45, 2.75) is 52.1 Å². The third kappa shape index (κ3) is 7.64. The van der Waals surface area contributed by atoms with Crippen LogP contribution in [0, 0.1) is 0 Å². The van der Waals surface area contributed by atoms with Crippen LogP contribution in [0.15, 0.2) is 85.1 Å². The van der Waals surface area contributed by atoms with Crippen molar-refractivity contribution in [3.8, 4) is 34.1 Å².